The summed E-state index contributed by atoms with van der Waals surface area (Å²) in [6.45, 7) is 28.8. The van der Waals surface area contributed by atoms with Crippen LogP contribution in [0.5, 0.6) is 0 Å². The van der Waals surface area contributed by atoms with Gasteiger partial charge in [0.25, 0.3) is 0 Å². The number of carboxylic acid groups (broad SMARTS) is 1. The van der Waals surface area contributed by atoms with E-state index in [-0.39, 0.29) is 94.5 Å². The Bertz CT molecular complexity index is 2550. The molecule has 0 spiro atoms. The zero-order valence-electron chi connectivity index (χ0n) is 60.4. The zero-order valence-corrected chi connectivity index (χ0v) is 60.4. The predicted molar refractivity (Wildman–Crippen MR) is 352 cm³/mol. The van der Waals surface area contributed by atoms with Crippen LogP contribution in [0.3, 0.4) is 0 Å². The number of carbonyl (C=O) groups is 13. The van der Waals surface area contributed by atoms with Gasteiger partial charge in [-0.3, -0.25) is 62.3 Å². The lowest BCUT2D eigenvalue weighted by Gasteiger charge is -2.41. The van der Waals surface area contributed by atoms with E-state index >= 15 is 19.2 Å². The number of hydrogen-bond donors (Lipinski definition) is 3. The third-order valence-corrected chi connectivity index (χ3v) is 18.2. The molecule has 0 saturated carbocycles. The second kappa shape index (κ2) is 38.1. The van der Waals surface area contributed by atoms with Crippen LogP contribution in [0.2, 0.25) is 0 Å². The van der Waals surface area contributed by atoms with Crippen LogP contribution < -0.4 is 5.32 Å². The lowest BCUT2D eigenvalue weighted by Crippen LogP contribution is -2.62. The minimum Gasteiger partial charge on any atom is -0.481 e. The highest BCUT2D eigenvalue weighted by molar-refractivity contribution is 5.99. The van der Waals surface area contributed by atoms with Crippen molar-refractivity contribution in [2.24, 2.45) is 59.2 Å². The number of likely N-dealkylation sites (N-methyl/N-ethyl adjacent to an activating group) is 7. The number of rotatable bonds is 19. The molecular formula is C68H119N9O15. The van der Waals surface area contributed by atoms with Crippen molar-refractivity contribution in [3.63, 3.8) is 0 Å². The Morgan fingerprint density at radius 1 is 0.522 bits per heavy atom. The smallest absolute Gasteiger partial charge is 0.305 e. The fraction of sp³-hybridized carbons (Fsp3) is 0.809. The standard InChI is InChI=1S/C68H119N9O15/c1-25-48-35-56(81)60(61(85)44(14)26-28-77(47(17)78)29-27-58(83)84)76(24)68(92)59(43(12)13)75(23)67(91)53(33-41(8)9)74(22)66(90)52(32-40(6)7)73(21)63(87)46(16)69-62(86)45(15)34-54(79)51(31-39(4)5)72(20)65(89)49(42(10)11)36-55(80)50(30-38(2)3)71(19)57(82)37-70(18)64(48)88/h38-46,48-53,59-61,85H,25-37H2,1-24H3,(H,69,86)(H,83,84)/t44-,45-,46-,48-,49+,50+,51+,52+,53+,59+,60-,61-/m1/s1. The molecule has 24 nitrogen and oxygen atoms in total. The van der Waals surface area contributed by atoms with Gasteiger partial charge in [-0.2, -0.15) is 0 Å². The van der Waals surface area contributed by atoms with Crippen molar-refractivity contribution in [2.75, 3.05) is 69.0 Å². The Morgan fingerprint density at radius 3 is 1.40 bits per heavy atom. The maximum atomic E-state index is 15.4. The van der Waals surface area contributed by atoms with Gasteiger partial charge in [0.15, 0.2) is 17.3 Å². The molecule has 0 aromatic carbocycles. The maximum absolute atomic E-state index is 15.4. The molecule has 3 N–H and O–H groups in total. The highest BCUT2D eigenvalue weighted by Gasteiger charge is 2.46. The van der Waals surface area contributed by atoms with Gasteiger partial charge < -0.3 is 54.7 Å². The van der Waals surface area contributed by atoms with E-state index in [9.17, 15) is 53.4 Å². The summed E-state index contributed by atoms with van der Waals surface area (Å²) in [5.41, 5.74) is 0. The monoisotopic (exact) mass is 1300 g/mol. The number of carbonyl (C=O) groups excluding carboxylic acids is 12. The Hall–Kier alpha value is -6.33. The third-order valence-electron chi connectivity index (χ3n) is 18.2. The minimum atomic E-state index is -1.67. The van der Waals surface area contributed by atoms with Gasteiger partial charge in [-0.05, 0) is 86.9 Å². The van der Waals surface area contributed by atoms with Crippen molar-refractivity contribution in [3.8, 4) is 0 Å². The van der Waals surface area contributed by atoms with E-state index in [1.165, 1.54) is 99.5 Å². The first-order chi connectivity index (χ1) is 42.4. The number of ketones is 3. The van der Waals surface area contributed by atoms with Crippen LogP contribution in [0.25, 0.3) is 0 Å². The fourth-order valence-corrected chi connectivity index (χ4v) is 12.2. The van der Waals surface area contributed by atoms with E-state index in [2.05, 4.69) is 5.32 Å². The van der Waals surface area contributed by atoms with Crippen molar-refractivity contribution in [1.82, 2.24) is 44.5 Å². The molecule has 0 aliphatic carbocycles. The van der Waals surface area contributed by atoms with Crippen LogP contribution in [-0.4, -0.2) is 243 Å². The van der Waals surface area contributed by atoms with Crippen molar-refractivity contribution < 1.29 is 72.5 Å². The van der Waals surface area contributed by atoms with E-state index in [1.807, 2.05) is 55.4 Å². The van der Waals surface area contributed by atoms with E-state index in [4.69, 9.17) is 0 Å². The average molecular weight is 1300 g/mol. The van der Waals surface area contributed by atoms with Gasteiger partial charge in [-0.25, -0.2) is 0 Å². The molecule has 92 heavy (non-hydrogen) atoms. The SMILES string of the molecule is CC[C@@H]1CC(=O)[C@H]([C@H](O)[C@H](C)CCN(CCC(=O)O)C(C)=O)N(C)C(=O)[C@H](C(C)C)N(C)C(=O)[C@H](CC(C)C)N(C)C(=O)[C@H](CC(C)C)N(C)C(=O)[C@@H](C)NC(=O)[C@H](C)CC(=O)[C@H](CC(C)C)N(C)C(=O)[C@H](C(C)C)CC(=O)[C@H](CC(C)C)N(C)C(=O)CN(C)C1=O. The van der Waals surface area contributed by atoms with Gasteiger partial charge in [0, 0.05) is 106 Å². The molecule has 1 heterocycles. The summed E-state index contributed by atoms with van der Waals surface area (Å²) >= 11 is 0. The zero-order chi connectivity index (χ0) is 71.4. The lowest BCUT2D eigenvalue weighted by molar-refractivity contribution is -0.157. The van der Waals surface area contributed by atoms with Crippen molar-refractivity contribution in [2.45, 2.75) is 230 Å². The van der Waals surface area contributed by atoms with Crippen LogP contribution in [0.1, 0.15) is 182 Å². The maximum Gasteiger partial charge on any atom is 0.305 e. The van der Waals surface area contributed by atoms with E-state index in [1.54, 1.807) is 41.5 Å². The third kappa shape index (κ3) is 24.2. The second-order valence-corrected chi connectivity index (χ2v) is 28.7. The summed E-state index contributed by atoms with van der Waals surface area (Å²) in [5, 5.41) is 24.5. The number of Topliss-reactive ketones (excluding diaryl/α,β-unsaturated/α-hetero) is 3. The summed E-state index contributed by atoms with van der Waals surface area (Å²) in [6.07, 6.45) is -2.36. The molecule has 0 bridgehead atoms. The Morgan fingerprint density at radius 2 is 0.957 bits per heavy atom. The van der Waals surface area contributed by atoms with Crippen LogP contribution in [0, 0.1) is 59.2 Å². The Kier molecular flexibility index (Phi) is 34.7. The molecule has 1 aliphatic heterocycles. The quantitative estimate of drug-likeness (QED) is 0.148. The van der Waals surface area contributed by atoms with E-state index in [0.29, 0.717) is 0 Å². The minimum absolute atomic E-state index is 0.0205. The normalized spacial score (nSPS) is 25.8. The molecule has 24 heteroatoms. The topological polar surface area (TPSA) is 300 Å². The molecule has 9 amide bonds. The number of aliphatic hydroxyl groups is 1. The highest BCUT2D eigenvalue weighted by atomic mass is 16.4. The van der Waals surface area contributed by atoms with Crippen LogP contribution in [-0.2, 0) is 62.3 Å². The first-order valence-corrected chi connectivity index (χ1v) is 33.3. The summed E-state index contributed by atoms with van der Waals surface area (Å²) in [7, 11) is 9.94. The first-order valence-electron chi connectivity index (χ1n) is 33.3. The summed E-state index contributed by atoms with van der Waals surface area (Å²) < 4.78 is 0. The fourth-order valence-electron chi connectivity index (χ4n) is 12.2. The van der Waals surface area contributed by atoms with Crippen LogP contribution in [0.4, 0.5) is 0 Å². The molecule has 1 rings (SSSR count). The summed E-state index contributed by atoms with van der Waals surface area (Å²) in [6, 6.07) is -8.61. The number of aliphatic carboxylic acids is 1. The summed E-state index contributed by atoms with van der Waals surface area (Å²) in [5.74, 6) is -13.7. The number of aliphatic hydroxyl groups excluding tert-OH is 1. The van der Waals surface area contributed by atoms with E-state index < -0.39 is 173 Å². The molecule has 1 fully saturated rings. The first kappa shape index (κ1) is 83.7. The number of nitrogens with one attached hydrogen (secondary N) is 1. The molecule has 0 unspecified atom stereocenters. The van der Waals surface area contributed by atoms with Gasteiger partial charge in [0.05, 0.1) is 31.2 Å². The number of amides is 9. The largest absolute Gasteiger partial charge is 0.481 e. The Balaban J connectivity index is 4.40. The van der Waals surface area contributed by atoms with Gasteiger partial charge >= 0.3 is 5.97 Å². The van der Waals surface area contributed by atoms with Crippen LogP contribution >= 0.6 is 0 Å². The predicted octanol–water partition coefficient (Wildman–Crippen LogP) is 5.29. The summed E-state index contributed by atoms with van der Waals surface area (Å²) in [4.78, 5) is 196. The molecule has 0 aromatic rings. The average Bonchev–Trinajstić information content (AvgIpc) is 0.843. The number of nitrogens with zero attached hydrogens (tertiary/aromatic N) is 8. The van der Waals surface area contributed by atoms with Crippen molar-refractivity contribution in [1.29, 1.82) is 0 Å². The number of carboxylic acids is 1. The molecule has 0 radical (unpaired) electrons. The number of hydrogen-bond acceptors (Lipinski definition) is 14. The molecule has 0 aromatic heterocycles. The highest BCUT2D eigenvalue weighted by Crippen LogP contribution is 2.29. The van der Waals surface area contributed by atoms with Crippen molar-refractivity contribution >= 4 is 76.5 Å². The lowest BCUT2D eigenvalue weighted by atomic mass is 9.84. The molecule has 526 valence electrons. The molecule has 1 aliphatic rings. The molecular weight excluding hydrogens is 1180 g/mol. The van der Waals surface area contributed by atoms with Gasteiger partial charge in [-0.1, -0.05) is 104 Å². The van der Waals surface area contributed by atoms with Gasteiger partial charge in [0.1, 0.15) is 30.2 Å². The van der Waals surface area contributed by atoms with Crippen LogP contribution in [0.15, 0.2) is 0 Å². The van der Waals surface area contributed by atoms with Gasteiger partial charge in [0.2, 0.25) is 53.2 Å². The second-order valence-electron chi connectivity index (χ2n) is 28.7. The molecule has 12 atom stereocenters. The van der Waals surface area contributed by atoms with Gasteiger partial charge in [-0.15, -0.1) is 0 Å². The van der Waals surface area contributed by atoms with E-state index in [0.717, 1.165) is 9.80 Å². The Labute approximate surface area is 550 Å². The molecule has 1 saturated heterocycles. The van der Waals surface area contributed by atoms with Crippen molar-refractivity contribution in [3.05, 3.63) is 0 Å².